The number of pyridine rings is 1. The van der Waals surface area contributed by atoms with Gasteiger partial charge in [-0.15, -0.1) is 0 Å². The third-order valence-electron chi connectivity index (χ3n) is 7.35. The maximum absolute atomic E-state index is 13.5. The number of anilines is 1. The van der Waals surface area contributed by atoms with Gasteiger partial charge < -0.3 is 15.0 Å². The van der Waals surface area contributed by atoms with Gasteiger partial charge in [0.25, 0.3) is 5.91 Å². The topological polar surface area (TPSA) is 97.3 Å². The number of nitrogens with one attached hydrogen (secondary N) is 1. The molecular formula is C29H27N5O3S. The van der Waals surface area contributed by atoms with Crippen LogP contribution in [-0.4, -0.2) is 44.1 Å². The van der Waals surface area contributed by atoms with Gasteiger partial charge in [-0.25, -0.2) is 9.97 Å². The van der Waals surface area contributed by atoms with Gasteiger partial charge >= 0.3 is 0 Å². The standard InChI is InChI=1S/C29H27N5O3S/c1-29(2,27(36)33-28-30-17-31-38-28)24-20-7-3-4-8-23(20)37-25-21(24)13-14-22(32-25)18-9-11-19(12-10-18)26(35)34-15-5-6-16-34/h3-4,7-14,17,24H,5-6,15-16H2,1-2H3,(H,30,31,33,36)/t24-/m0/s1. The number of nitrogens with zero attached hydrogens (tertiary/aromatic N) is 4. The van der Waals surface area contributed by atoms with Crippen LogP contribution in [0.5, 0.6) is 11.6 Å². The summed E-state index contributed by atoms with van der Waals surface area (Å²) in [6.45, 7) is 5.48. The minimum atomic E-state index is -0.846. The fourth-order valence-electron chi connectivity index (χ4n) is 5.28. The molecule has 4 aromatic rings. The lowest BCUT2D eigenvalue weighted by atomic mass is 9.69. The summed E-state index contributed by atoms with van der Waals surface area (Å²) in [4.78, 5) is 37.1. The Hall–Kier alpha value is -4.11. The van der Waals surface area contributed by atoms with E-state index in [2.05, 4.69) is 14.7 Å². The van der Waals surface area contributed by atoms with Gasteiger partial charge in [-0.05, 0) is 37.1 Å². The zero-order valence-electron chi connectivity index (χ0n) is 21.2. The SMILES string of the molecule is CC(C)(C(=O)Nc1ncns1)[C@H]1c2ccccc2Oc2nc(-c3ccc(C(=O)N4CCCC4)cc3)ccc21. The second-order valence-corrected chi connectivity index (χ2v) is 10.9. The van der Waals surface area contributed by atoms with E-state index in [0.717, 1.165) is 59.8 Å². The second-order valence-electron chi connectivity index (χ2n) is 10.2. The van der Waals surface area contributed by atoms with Crippen molar-refractivity contribution in [1.82, 2.24) is 19.2 Å². The van der Waals surface area contributed by atoms with E-state index >= 15 is 0 Å². The number of ether oxygens (including phenoxy) is 1. The lowest BCUT2D eigenvalue weighted by molar-refractivity contribution is -0.124. The van der Waals surface area contributed by atoms with Gasteiger partial charge in [0.2, 0.25) is 16.9 Å². The molecule has 2 aliphatic rings. The number of amides is 2. The first-order valence-corrected chi connectivity index (χ1v) is 13.4. The number of rotatable bonds is 5. The lowest BCUT2D eigenvalue weighted by Crippen LogP contribution is -2.38. The largest absolute Gasteiger partial charge is 0.438 e. The molecule has 1 saturated heterocycles. The van der Waals surface area contributed by atoms with Gasteiger partial charge in [0.1, 0.15) is 12.1 Å². The average Bonchev–Trinajstić information content (AvgIpc) is 3.66. The fourth-order valence-corrected chi connectivity index (χ4v) is 5.71. The molecule has 8 nitrogen and oxygen atoms in total. The smallest absolute Gasteiger partial charge is 0.253 e. The van der Waals surface area contributed by atoms with Crippen molar-refractivity contribution >= 4 is 28.5 Å². The summed E-state index contributed by atoms with van der Waals surface area (Å²) in [5.74, 6) is 0.768. The van der Waals surface area contributed by atoms with E-state index in [1.807, 2.05) is 79.4 Å². The van der Waals surface area contributed by atoms with Crippen molar-refractivity contribution in [2.45, 2.75) is 32.6 Å². The lowest BCUT2D eigenvalue weighted by Gasteiger charge is -2.37. The number of hydrogen-bond acceptors (Lipinski definition) is 7. The number of para-hydroxylation sites is 1. The molecule has 4 heterocycles. The molecule has 0 saturated carbocycles. The number of benzene rings is 2. The van der Waals surface area contributed by atoms with Crippen LogP contribution < -0.4 is 10.1 Å². The zero-order chi connectivity index (χ0) is 26.3. The van der Waals surface area contributed by atoms with E-state index < -0.39 is 5.41 Å². The molecule has 2 amide bonds. The summed E-state index contributed by atoms with van der Waals surface area (Å²) in [5, 5.41) is 3.37. The third kappa shape index (κ3) is 4.32. The van der Waals surface area contributed by atoms with Gasteiger partial charge in [0.05, 0.1) is 11.1 Å². The van der Waals surface area contributed by atoms with Crippen LogP contribution in [-0.2, 0) is 4.79 Å². The minimum absolute atomic E-state index is 0.0734. The number of carbonyl (C=O) groups is 2. The van der Waals surface area contributed by atoms with Crippen LogP contribution in [0.2, 0.25) is 0 Å². The first-order valence-electron chi connectivity index (χ1n) is 12.7. The van der Waals surface area contributed by atoms with Crippen LogP contribution in [0.25, 0.3) is 11.3 Å². The highest BCUT2D eigenvalue weighted by atomic mass is 32.1. The quantitative estimate of drug-likeness (QED) is 0.357. The summed E-state index contributed by atoms with van der Waals surface area (Å²) >= 11 is 1.14. The molecular weight excluding hydrogens is 498 g/mol. The molecule has 38 heavy (non-hydrogen) atoms. The van der Waals surface area contributed by atoms with Crippen molar-refractivity contribution in [3.8, 4) is 22.9 Å². The van der Waals surface area contributed by atoms with Crippen molar-refractivity contribution in [1.29, 1.82) is 0 Å². The molecule has 0 bridgehead atoms. The molecule has 2 aliphatic heterocycles. The number of likely N-dealkylation sites (tertiary alicyclic amines) is 1. The monoisotopic (exact) mass is 525 g/mol. The highest BCUT2D eigenvalue weighted by Crippen LogP contribution is 2.52. The van der Waals surface area contributed by atoms with E-state index in [9.17, 15) is 9.59 Å². The van der Waals surface area contributed by atoms with E-state index in [1.54, 1.807) is 0 Å². The van der Waals surface area contributed by atoms with Gasteiger partial charge in [-0.1, -0.05) is 50.2 Å². The van der Waals surface area contributed by atoms with Crippen molar-refractivity contribution in [2.75, 3.05) is 18.4 Å². The van der Waals surface area contributed by atoms with Gasteiger partial charge in [-0.3, -0.25) is 9.59 Å². The maximum Gasteiger partial charge on any atom is 0.253 e. The summed E-state index contributed by atoms with van der Waals surface area (Å²) in [6, 6.07) is 19.2. The molecule has 0 spiro atoms. The average molecular weight is 526 g/mol. The minimum Gasteiger partial charge on any atom is -0.438 e. The number of fused-ring (bicyclic) bond motifs is 2. The van der Waals surface area contributed by atoms with Crippen molar-refractivity contribution in [2.24, 2.45) is 5.41 Å². The number of hydrogen-bond donors (Lipinski definition) is 1. The van der Waals surface area contributed by atoms with E-state index in [-0.39, 0.29) is 17.7 Å². The Morgan fingerprint density at radius 1 is 1.00 bits per heavy atom. The highest BCUT2D eigenvalue weighted by molar-refractivity contribution is 7.09. The van der Waals surface area contributed by atoms with E-state index in [4.69, 9.17) is 9.72 Å². The van der Waals surface area contributed by atoms with Gasteiger partial charge in [-0.2, -0.15) is 4.37 Å². The number of carbonyl (C=O) groups excluding carboxylic acids is 2. The maximum atomic E-state index is 13.5. The van der Waals surface area contributed by atoms with Crippen molar-refractivity contribution in [3.63, 3.8) is 0 Å². The Bertz CT molecular complexity index is 1500. The van der Waals surface area contributed by atoms with Crippen LogP contribution >= 0.6 is 11.5 Å². The molecule has 0 aliphatic carbocycles. The zero-order valence-corrected chi connectivity index (χ0v) is 22.0. The van der Waals surface area contributed by atoms with Crippen molar-refractivity contribution in [3.05, 3.63) is 83.7 Å². The van der Waals surface area contributed by atoms with Crippen LogP contribution in [0.15, 0.2) is 67.0 Å². The van der Waals surface area contributed by atoms with Crippen LogP contribution in [0.3, 0.4) is 0 Å². The van der Waals surface area contributed by atoms with E-state index in [0.29, 0.717) is 22.3 Å². The molecule has 192 valence electrons. The molecule has 1 fully saturated rings. The van der Waals surface area contributed by atoms with Gasteiger partial charge in [0.15, 0.2) is 0 Å². The first-order chi connectivity index (χ1) is 18.4. The molecule has 2 aromatic carbocycles. The Morgan fingerprint density at radius 3 is 2.50 bits per heavy atom. The molecule has 0 unspecified atom stereocenters. The molecule has 0 radical (unpaired) electrons. The fraction of sp³-hybridized carbons (Fsp3) is 0.276. The van der Waals surface area contributed by atoms with E-state index in [1.165, 1.54) is 6.33 Å². The van der Waals surface area contributed by atoms with Crippen LogP contribution in [0.4, 0.5) is 5.13 Å². The van der Waals surface area contributed by atoms with Crippen molar-refractivity contribution < 1.29 is 14.3 Å². The Balaban J connectivity index is 1.33. The highest BCUT2D eigenvalue weighted by Gasteiger charge is 2.44. The van der Waals surface area contributed by atoms with Gasteiger partial charge in [0, 0.05) is 52.8 Å². The first kappa shape index (κ1) is 24.2. The molecule has 1 N–H and O–H groups in total. The predicted molar refractivity (Wildman–Crippen MR) is 145 cm³/mol. The molecule has 2 aromatic heterocycles. The Morgan fingerprint density at radius 2 is 1.76 bits per heavy atom. The third-order valence-corrected chi connectivity index (χ3v) is 7.93. The Labute approximate surface area is 224 Å². The summed E-state index contributed by atoms with van der Waals surface area (Å²) in [5.41, 5.74) is 3.22. The molecule has 1 atom stereocenters. The summed E-state index contributed by atoms with van der Waals surface area (Å²) < 4.78 is 10.2. The summed E-state index contributed by atoms with van der Waals surface area (Å²) in [6.07, 6.45) is 3.55. The molecule has 6 rings (SSSR count). The normalized spacial score (nSPS) is 16.4. The Kier molecular flexibility index (Phi) is 6.15. The van der Waals surface area contributed by atoms with Crippen LogP contribution in [0, 0.1) is 5.41 Å². The van der Waals surface area contributed by atoms with Crippen LogP contribution in [0.1, 0.15) is 54.1 Å². The molecule has 9 heteroatoms. The predicted octanol–water partition coefficient (Wildman–Crippen LogP) is 5.74. The number of aromatic nitrogens is 3. The second kappa shape index (κ2) is 9.64. The summed E-state index contributed by atoms with van der Waals surface area (Å²) in [7, 11) is 0.